The van der Waals surface area contributed by atoms with Crippen LogP contribution in [0.1, 0.15) is 62.3 Å². The molecule has 27 heavy (non-hydrogen) atoms. The molecular weight excluding hydrogens is 469 g/mol. The molecular formula is C20H38IN5S. The number of rotatable bonds is 11. The van der Waals surface area contributed by atoms with Gasteiger partial charge in [0, 0.05) is 37.1 Å². The van der Waals surface area contributed by atoms with Gasteiger partial charge in [0.1, 0.15) is 0 Å². The Morgan fingerprint density at radius 1 is 1.15 bits per heavy atom. The fourth-order valence-electron chi connectivity index (χ4n) is 3.25. The van der Waals surface area contributed by atoms with Crippen LogP contribution in [-0.2, 0) is 12.8 Å². The summed E-state index contributed by atoms with van der Waals surface area (Å²) in [5, 5.41) is 7.99. The van der Waals surface area contributed by atoms with Gasteiger partial charge >= 0.3 is 0 Å². The second-order valence-electron chi connectivity index (χ2n) is 6.97. The minimum Gasteiger partial charge on any atom is -0.357 e. The van der Waals surface area contributed by atoms with Gasteiger partial charge in [-0.15, -0.1) is 35.3 Å². The molecule has 0 unspecified atom stereocenters. The van der Waals surface area contributed by atoms with E-state index < -0.39 is 0 Å². The molecule has 1 aromatic heterocycles. The monoisotopic (exact) mass is 507 g/mol. The number of halogens is 1. The smallest absolute Gasteiger partial charge is 0.191 e. The van der Waals surface area contributed by atoms with Crippen molar-refractivity contribution in [3.8, 4) is 0 Å². The Hall–Kier alpha value is -0.410. The van der Waals surface area contributed by atoms with Gasteiger partial charge in [0.25, 0.3) is 0 Å². The summed E-state index contributed by atoms with van der Waals surface area (Å²) in [6, 6.07) is 0. The highest BCUT2D eigenvalue weighted by molar-refractivity contribution is 14.0. The van der Waals surface area contributed by atoms with Crippen LogP contribution in [0.2, 0.25) is 0 Å². The van der Waals surface area contributed by atoms with Crippen molar-refractivity contribution in [2.24, 2.45) is 4.99 Å². The number of hydrogen-bond donors (Lipinski definition) is 2. The van der Waals surface area contributed by atoms with Gasteiger partial charge in [-0.25, -0.2) is 4.98 Å². The highest BCUT2D eigenvalue weighted by atomic mass is 127. The summed E-state index contributed by atoms with van der Waals surface area (Å²) in [7, 11) is 0. The largest absolute Gasteiger partial charge is 0.357 e. The summed E-state index contributed by atoms with van der Waals surface area (Å²) < 4.78 is 0. The number of nitrogens with zero attached hydrogens (tertiary/aromatic N) is 3. The molecule has 0 spiro atoms. The molecule has 0 bridgehead atoms. The summed E-state index contributed by atoms with van der Waals surface area (Å²) in [6.45, 7) is 10.9. The van der Waals surface area contributed by atoms with Crippen molar-refractivity contribution in [2.75, 3.05) is 39.3 Å². The molecule has 2 heterocycles. The molecule has 0 amide bonds. The minimum atomic E-state index is 0. The third-order valence-corrected chi connectivity index (χ3v) is 5.98. The number of aliphatic imine (C=N–C) groups is 1. The molecule has 7 heteroatoms. The van der Waals surface area contributed by atoms with E-state index >= 15 is 0 Å². The van der Waals surface area contributed by atoms with Crippen LogP contribution in [-0.4, -0.2) is 55.1 Å². The fourth-order valence-corrected chi connectivity index (χ4v) is 4.12. The SMILES string of the molecule is CCNC(=NCCCCCN1CCCCC1)NCCc1ncc(CC)s1.I. The lowest BCUT2D eigenvalue weighted by molar-refractivity contribution is 0.224. The van der Waals surface area contributed by atoms with E-state index in [2.05, 4.69) is 34.4 Å². The zero-order chi connectivity index (χ0) is 18.5. The normalized spacial score (nSPS) is 15.4. The Morgan fingerprint density at radius 2 is 1.96 bits per heavy atom. The van der Waals surface area contributed by atoms with E-state index in [0.29, 0.717) is 0 Å². The number of piperidine rings is 1. The third kappa shape index (κ3) is 10.6. The van der Waals surface area contributed by atoms with Crippen LogP contribution in [0.3, 0.4) is 0 Å². The standard InChI is InChI=1S/C20H37N5S.HI/c1-3-18-17-24-19(26-18)11-13-23-20(21-4-2)22-12-7-5-8-14-25-15-9-6-10-16-25;/h17H,3-16H2,1-2H3,(H2,21,22,23);1H. The van der Waals surface area contributed by atoms with Gasteiger partial charge in [-0.1, -0.05) is 19.8 Å². The lowest BCUT2D eigenvalue weighted by Crippen LogP contribution is -2.38. The number of hydrogen-bond acceptors (Lipinski definition) is 4. The molecule has 1 aliphatic rings. The molecule has 1 aliphatic heterocycles. The van der Waals surface area contributed by atoms with Crippen LogP contribution in [0, 0.1) is 0 Å². The summed E-state index contributed by atoms with van der Waals surface area (Å²) in [4.78, 5) is 13.2. The first-order valence-electron chi connectivity index (χ1n) is 10.5. The van der Waals surface area contributed by atoms with Gasteiger partial charge in [0.2, 0.25) is 0 Å². The fraction of sp³-hybridized carbons (Fsp3) is 0.800. The van der Waals surface area contributed by atoms with E-state index in [4.69, 9.17) is 4.99 Å². The minimum absolute atomic E-state index is 0. The number of nitrogens with one attached hydrogen (secondary N) is 2. The zero-order valence-electron chi connectivity index (χ0n) is 17.1. The van der Waals surface area contributed by atoms with E-state index in [1.54, 1.807) is 0 Å². The van der Waals surface area contributed by atoms with E-state index in [-0.39, 0.29) is 24.0 Å². The van der Waals surface area contributed by atoms with Crippen molar-refractivity contribution in [2.45, 2.75) is 65.2 Å². The number of likely N-dealkylation sites (tertiary alicyclic amines) is 1. The molecule has 0 atom stereocenters. The molecule has 2 rings (SSSR count). The maximum Gasteiger partial charge on any atom is 0.191 e. The number of unbranched alkanes of at least 4 members (excludes halogenated alkanes) is 2. The van der Waals surface area contributed by atoms with E-state index in [9.17, 15) is 0 Å². The predicted octanol–water partition coefficient (Wildman–Crippen LogP) is 4.08. The quantitative estimate of drug-likeness (QED) is 0.205. The molecule has 1 fully saturated rings. The Labute approximate surface area is 186 Å². The van der Waals surface area contributed by atoms with Crippen LogP contribution < -0.4 is 10.6 Å². The van der Waals surface area contributed by atoms with Crippen molar-refractivity contribution in [3.63, 3.8) is 0 Å². The first kappa shape index (κ1) is 24.6. The molecule has 0 saturated carbocycles. The summed E-state index contributed by atoms with van der Waals surface area (Å²) in [5.41, 5.74) is 0. The first-order chi connectivity index (χ1) is 12.8. The van der Waals surface area contributed by atoms with Crippen molar-refractivity contribution < 1.29 is 0 Å². The second-order valence-corrected chi connectivity index (χ2v) is 8.17. The average molecular weight is 508 g/mol. The second kappa shape index (κ2) is 15.5. The van der Waals surface area contributed by atoms with E-state index in [0.717, 1.165) is 38.4 Å². The van der Waals surface area contributed by atoms with Crippen molar-refractivity contribution in [1.82, 2.24) is 20.5 Å². The van der Waals surface area contributed by atoms with E-state index in [1.165, 1.54) is 68.0 Å². The Morgan fingerprint density at radius 3 is 2.67 bits per heavy atom. The Balaban J connectivity index is 0.00000364. The van der Waals surface area contributed by atoms with Gasteiger partial charge in [0.05, 0.1) is 5.01 Å². The summed E-state index contributed by atoms with van der Waals surface area (Å²) >= 11 is 1.82. The maximum atomic E-state index is 4.71. The van der Waals surface area contributed by atoms with Crippen LogP contribution in [0.4, 0.5) is 0 Å². The van der Waals surface area contributed by atoms with E-state index in [1.807, 2.05) is 17.5 Å². The molecule has 0 radical (unpaired) electrons. The highest BCUT2D eigenvalue weighted by Gasteiger charge is 2.08. The Kier molecular flexibility index (Phi) is 14.1. The molecule has 2 N–H and O–H groups in total. The van der Waals surface area contributed by atoms with Gasteiger partial charge in [-0.05, 0) is 58.7 Å². The van der Waals surface area contributed by atoms with Gasteiger partial charge in [-0.3, -0.25) is 4.99 Å². The summed E-state index contributed by atoms with van der Waals surface area (Å²) in [6.07, 6.45) is 12.0. The number of aromatic nitrogens is 1. The van der Waals surface area contributed by atoms with Gasteiger partial charge < -0.3 is 15.5 Å². The van der Waals surface area contributed by atoms with Crippen LogP contribution in [0.5, 0.6) is 0 Å². The number of guanidine groups is 1. The lowest BCUT2D eigenvalue weighted by atomic mass is 10.1. The molecule has 0 aromatic carbocycles. The molecule has 1 saturated heterocycles. The number of aryl methyl sites for hydroxylation is 1. The lowest BCUT2D eigenvalue weighted by Gasteiger charge is -2.26. The molecule has 156 valence electrons. The van der Waals surface area contributed by atoms with Crippen molar-refractivity contribution in [1.29, 1.82) is 0 Å². The van der Waals surface area contributed by atoms with Crippen LogP contribution in [0.25, 0.3) is 0 Å². The van der Waals surface area contributed by atoms with Gasteiger partial charge in [0.15, 0.2) is 5.96 Å². The maximum absolute atomic E-state index is 4.71. The average Bonchev–Trinajstić information content (AvgIpc) is 3.13. The predicted molar refractivity (Wildman–Crippen MR) is 129 cm³/mol. The van der Waals surface area contributed by atoms with Crippen LogP contribution >= 0.6 is 35.3 Å². The number of thiazole rings is 1. The highest BCUT2D eigenvalue weighted by Crippen LogP contribution is 2.13. The third-order valence-electron chi connectivity index (χ3n) is 4.78. The molecule has 5 nitrogen and oxygen atoms in total. The summed E-state index contributed by atoms with van der Waals surface area (Å²) in [5.74, 6) is 0.941. The molecule has 0 aliphatic carbocycles. The molecule has 1 aromatic rings. The van der Waals surface area contributed by atoms with Crippen LogP contribution in [0.15, 0.2) is 11.2 Å². The van der Waals surface area contributed by atoms with Gasteiger partial charge in [-0.2, -0.15) is 0 Å². The topological polar surface area (TPSA) is 52.6 Å². The van der Waals surface area contributed by atoms with Crippen molar-refractivity contribution in [3.05, 3.63) is 16.1 Å². The Bertz CT molecular complexity index is 514. The first-order valence-corrected chi connectivity index (χ1v) is 11.3. The zero-order valence-corrected chi connectivity index (χ0v) is 20.3. The van der Waals surface area contributed by atoms with Crippen molar-refractivity contribution >= 4 is 41.3 Å².